The Morgan fingerprint density at radius 3 is 0.806 bits per heavy atom. The van der Waals surface area contributed by atoms with E-state index < -0.39 is 0 Å². The Morgan fingerprint density at radius 1 is 0.177 bits per heavy atom. The summed E-state index contributed by atoms with van der Waals surface area (Å²) in [6.45, 7) is 0. The van der Waals surface area contributed by atoms with Gasteiger partial charge in [-0.2, -0.15) is 0 Å². The SMILES string of the molecule is c1ccc(-c2cc(-c3ccccc3)nc(-c3ccc(-c4cccc5c4ccc4c(-c6ccc(-c7cc(-c8ccccc8)cc(-c8ccccc8)n7)cc6)cccc45)cc3)c2)cc1. The summed E-state index contributed by atoms with van der Waals surface area (Å²) in [6.07, 6.45) is 0. The summed E-state index contributed by atoms with van der Waals surface area (Å²) >= 11 is 0. The third-order valence-corrected chi connectivity index (χ3v) is 11.9. The first kappa shape index (κ1) is 36.8. The number of benzene rings is 9. The Bertz CT molecular complexity index is 3000. The molecular formula is C60H40N2. The molecule has 9 aromatic carbocycles. The topological polar surface area (TPSA) is 25.8 Å². The van der Waals surface area contributed by atoms with Crippen molar-refractivity contribution < 1.29 is 0 Å². The zero-order chi connectivity index (χ0) is 41.2. The lowest BCUT2D eigenvalue weighted by Crippen LogP contribution is -1.92. The minimum atomic E-state index is 0.954. The molecule has 2 heterocycles. The minimum Gasteiger partial charge on any atom is -0.248 e. The number of hydrogen-bond donors (Lipinski definition) is 0. The Kier molecular flexibility index (Phi) is 9.57. The number of rotatable bonds is 8. The molecule has 0 fully saturated rings. The quantitative estimate of drug-likeness (QED) is 0.143. The van der Waals surface area contributed by atoms with Crippen molar-refractivity contribution in [1.82, 2.24) is 9.97 Å². The van der Waals surface area contributed by atoms with E-state index in [4.69, 9.17) is 9.97 Å². The smallest absolute Gasteiger partial charge is 0.0715 e. The summed E-state index contributed by atoms with van der Waals surface area (Å²) in [5.74, 6) is 0. The average molecular weight is 789 g/mol. The number of aromatic nitrogens is 2. The van der Waals surface area contributed by atoms with Crippen molar-refractivity contribution in [1.29, 1.82) is 0 Å². The average Bonchev–Trinajstić information content (AvgIpc) is 3.37. The van der Waals surface area contributed by atoms with Crippen LogP contribution in [0.1, 0.15) is 0 Å². The summed E-state index contributed by atoms with van der Waals surface area (Å²) < 4.78 is 0. The van der Waals surface area contributed by atoms with Crippen LogP contribution in [0.5, 0.6) is 0 Å². The van der Waals surface area contributed by atoms with Crippen LogP contribution in [0, 0.1) is 0 Å². The molecular weight excluding hydrogens is 749 g/mol. The van der Waals surface area contributed by atoms with E-state index in [-0.39, 0.29) is 0 Å². The molecule has 0 aliphatic rings. The fourth-order valence-electron chi connectivity index (χ4n) is 8.74. The first-order valence-electron chi connectivity index (χ1n) is 21.1. The number of nitrogens with zero attached hydrogens (tertiary/aromatic N) is 2. The van der Waals surface area contributed by atoms with Gasteiger partial charge in [0.25, 0.3) is 0 Å². The second-order valence-electron chi connectivity index (χ2n) is 15.7. The molecule has 290 valence electrons. The van der Waals surface area contributed by atoms with Gasteiger partial charge >= 0.3 is 0 Å². The molecule has 0 N–H and O–H groups in total. The van der Waals surface area contributed by atoms with Gasteiger partial charge in [-0.05, 0) is 90.3 Å². The maximum Gasteiger partial charge on any atom is 0.0715 e. The van der Waals surface area contributed by atoms with Crippen molar-refractivity contribution in [2.24, 2.45) is 0 Å². The van der Waals surface area contributed by atoms with Crippen LogP contribution in [0.2, 0.25) is 0 Å². The second kappa shape index (κ2) is 16.1. The number of hydrogen-bond acceptors (Lipinski definition) is 2. The van der Waals surface area contributed by atoms with Crippen LogP contribution < -0.4 is 0 Å². The van der Waals surface area contributed by atoms with E-state index in [0.29, 0.717) is 0 Å². The van der Waals surface area contributed by atoms with Gasteiger partial charge in [0.15, 0.2) is 0 Å². The van der Waals surface area contributed by atoms with Crippen molar-refractivity contribution in [3.63, 3.8) is 0 Å². The van der Waals surface area contributed by atoms with Gasteiger partial charge in [0.05, 0.1) is 22.8 Å². The van der Waals surface area contributed by atoms with E-state index in [1.807, 2.05) is 12.1 Å². The molecule has 0 saturated carbocycles. The molecule has 0 atom stereocenters. The van der Waals surface area contributed by atoms with Gasteiger partial charge in [-0.1, -0.05) is 218 Å². The summed E-state index contributed by atoms with van der Waals surface area (Å²) in [5.41, 5.74) is 17.6. The van der Waals surface area contributed by atoms with Gasteiger partial charge < -0.3 is 0 Å². The highest BCUT2D eigenvalue weighted by Gasteiger charge is 2.14. The van der Waals surface area contributed by atoms with Gasteiger partial charge in [-0.25, -0.2) is 9.97 Å². The van der Waals surface area contributed by atoms with Crippen molar-refractivity contribution in [3.8, 4) is 89.5 Å². The molecule has 2 heteroatoms. The van der Waals surface area contributed by atoms with Crippen LogP contribution in [-0.2, 0) is 0 Å². The van der Waals surface area contributed by atoms with Crippen LogP contribution in [0.15, 0.2) is 243 Å². The van der Waals surface area contributed by atoms with Crippen LogP contribution >= 0.6 is 0 Å². The highest BCUT2D eigenvalue weighted by Crippen LogP contribution is 2.39. The lowest BCUT2D eigenvalue weighted by atomic mass is 9.91. The summed E-state index contributed by atoms with van der Waals surface area (Å²) in [6, 6.07) is 86.4. The normalized spacial score (nSPS) is 11.2. The fraction of sp³-hybridized carbons (Fsp3) is 0. The largest absolute Gasteiger partial charge is 0.248 e. The summed E-state index contributed by atoms with van der Waals surface area (Å²) in [7, 11) is 0. The van der Waals surface area contributed by atoms with Crippen molar-refractivity contribution in [3.05, 3.63) is 243 Å². The predicted molar refractivity (Wildman–Crippen MR) is 261 cm³/mol. The molecule has 0 saturated heterocycles. The Labute approximate surface area is 362 Å². The maximum absolute atomic E-state index is 5.17. The lowest BCUT2D eigenvalue weighted by molar-refractivity contribution is 1.32. The molecule has 11 aromatic rings. The molecule has 0 bridgehead atoms. The second-order valence-corrected chi connectivity index (χ2v) is 15.7. The number of fused-ring (bicyclic) bond motifs is 3. The van der Waals surface area contributed by atoms with Crippen molar-refractivity contribution >= 4 is 21.5 Å². The molecule has 0 unspecified atom stereocenters. The van der Waals surface area contributed by atoms with E-state index in [0.717, 1.165) is 56.2 Å². The van der Waals surface area contributed by atoms with Crippen molar-refractivity contribution in [2.45, 2.75) is 0 Å². The van der Waals surface area contributed by atoms with Gasteiger partial charge in [-0.3, -0.25) is 0 Å². The van der Waals surface area contributed by atoms with E-state index in [9.17, 15) is 0 Å². The standard InChI is InChI=1S/C60H40N2/c1-5-15-41(16-6-1)49-37-57(45-19-9-3-10-20-45)61-59(39-49)47-31-27-43(28-32-47)51-23-13-25-53-54-26-14-24-52(56(54)36-35-55(51)53)44-29-33-48(34-30-44)60-40-50(42-17-7-2-8-18-42)38-58(62-60)46-21-11-4-12-22-46/h1-40H. The summed E-state index contributed by atoms with van der Waals surface area (Å²) in [5, 5.41) is 4.94. The molecule has 2 aromatic heterocycles. The molecule has 11 rings (SSSR count). The third-order valence-electron chi connectivity index (χ3n) is 11.9. The molecule has 0 radical (unpaired) electrons. The molecule has 0 aliphatic heterocycles. The predicted octanol–water partition coefficient (Wildman–Crippen LogP) is 16.1. The van der Waals surface area contributed by atoms with Crippen LogP contribution in [0.25, 0.3) is 111 Å². The Morgan fingerprint density at radius 2 is 0.468 bits per heavy atom. The Balaban J connectivity index is 0.927. The van der Waals surface area contributed by atoms with Crippen LogP contribution in [0.3, 0.4) is 0 Å². The van der Waals surface area contributed by atoms with Crippen LogP contribution in [-0.4, -0.2) is 9.97 Å². The molecule has 2 nitrogen and oxygen atoms in total. The van der Waals surface area contributed by atoms with E-state index in [2.05, 4.69) is 231 Å². The van der Waals surface area contributed by atoms with Crippen molar-refractivity contribution in [2.75, 3.05) is 0 Å². The fourth-order valence-corrected chi connectivity index (χ4v) is 8.74. The Hall–Kier alpha value is -8.20. The molecule has 0 amide bonds. The molecule has 62 heavy (non-hydrogen) atoms. The van der Waals surface area contributed by atoms with Gasteiger partial charge in [-0.15, -0.1) is 0 Å². The monoisotopic (exact) mass is 788 g/mol. The van der Waals surface area contributed by atoms with Gasteiger partial charge in [0, 0.05) is 22.3 Å². The lowest BCUT2D eigenvalue weighted by Gasteiger charge is -2.14. The first-order chi connectivity index (χ1) is 30.7. The van der Waals surface area contributed by atoms with E-state index in [1.165, 1.54) is 54.9 Å². The third kappa shape index (κ3) is 7.14. The van der Waals surface area contributed by atoms with Gasteiger partial charge in [0.1, 0.15) is 0 Å². The highest BCUT2D eigenvalue weighted by atomic mass is 14.7. The molecule has 0 aliphatic carbocycles. The highest BCUT2D eigenvalue weighted by molar-refractivity contribution is 6.15. The first-order valence-corrected chi connectivity index (χ1v) is 21.1. The van der Waals surface area contributed by atoms with E-state index in [1.54, 1.807) is 0 Å². The minimum absolute atomic E-state index is 0.954. The summed E-state index contributed by atoms with van der Waals surface area (Å²) in [4.78, 5) is 10.3. The zero-order valence-electron chi connectivity index (χ0n) is 34.0. The molecule has 0 spiro atoms. The van der Waals surface area contributed by atoms with Crippen LogP contribution in [0.4, 0.5) is 0 Å². The maximum atomic E-state index is 5.17. The zero-order valence-corrected chi connectivity index (χ0v) is 34.0. The van der Waals surface area contributed by atoms with E-state index >= 15 is 0 Å². The number of pyridine rings is 2. The van der Waals surface area contributed by atoms with Gasteiger partial charge in [0.2, 0.25) is 0 Å².